The topological polar surface area (TPSA) is 67.4 Å². The van der Waals surface area contributed by atoms with Gasteiger partial charge in [-0.1, -0.05) is 6.07 Å². The molecule has 0 fully saturated rings. The summed E-state index contributed by atoms with van der Waals surface area (Å²) < 4.78 is 45.5. The van der Waals surface area contributed by atoms with Gasteiger partial charge in [0.05, 0.1) is 5.60 Å². The van der Waals surface area contributed by atoms with Crippen molar-refractivity contribution in [3.8, 4) is 0 Å². The average Bonchev–Trinajstić information content (AvgIpc) is 2.39. The highest BCUT2D eigenvalue weighted by Gasteiger charge is 2.24. The highest BCUT2D eigenvalue weighted by molar-refractivity contribution is 7.89. The summed E-state index contributed by atoms with van der Waals surface area (Å²) in [5, 5.41) is 2.89. The molecule has 0 radical (unpaired) electrons. The molecule has 5 nitrogen and oxygen atoms in total. The maximum Gasteiger partial charge on any atom is 0.243 e. The number of hydrogen-bond donors (Lipinski definition) is 2. The monoisotopic (exact) mass is 304 g/mol. The van der Waals surface area contributed by atoms with E-state index < -0.39 is 21.4 Å². The molecular formula is C13H21FN2O3S. The third-order valence-corrected chi connectivity index (χ3v) is 4.32. The van der Waals surface area contributed by atoms with Gasteiger partial charge < -0.3 is 10.1 Å². The molecule has 20 heavy (non-hydrogen) atoms. The Balaban J connectivity index is 3.00. The molecule has 1 rings (SSSR count). The van der Waals surface area contributed by atoms with E-state index in [0.29, 0.717) is 12.1 Å². The predicted molar refractivity (Wildman–Crippen MR) is 75.4 cm³/mol. The smallest absolute Gasteiger partial charge is 0.243 e. The third kappa shape index (κ3) is 4.52. The molecule has 0 aromatic heterocycles. The Morgan fingerprint density at radius 3 is 2.55 bits per heavy atom. The van der Waals surface area contributed by atoms with Crippen LogP contribution in [0.4, 0.5) is 4.39 Å². The lowest BCUT2D eigenvalue weighted by molar-refractivity contribution is 0.0276. The van der Waals surface area contributed by atoms with Crippen LogP contribution >= 0.6 is 0 Å². The van der Waals surface area contributed by atoms with Crippen LogP contribution in [0.5, 0.6) is 0 Å². The minimum atomic E-state index is -3.91. The molecule has 0 heterocycles. The summed E-state index contributed by atoms with van der Waals surface area (Å²) in [5.41, 5.74) is 0.0341. The molecule has 0 aliphatic carbocycles. The zero-order valence-corrected chi connectivity index (χ0v) is 13.0. The first-order valence-corrected chi connectivity index (χ1v) is 7.68. The fraction of sp³-hybridized carbons (Fsp3) is 0.538. The van der Waals surface area contributed by atoms with E-state index in [4.69, 9.17) is 4.74 Å². The minimum absolute atomic E-state index is 0.0571. The number of ether oxygens (including phenoxy) is 1. The van der Waals surface area contributed by atoms with Gasteiger partial charge in [-0.2, -0.15) is 0 Å². The molecule has 7 heteroatoms. The second kappa shape index (κ2) is 6.62. The molecule has 0 aliphatic rings. The molecule has 0 amide bonds. The Bertz CT molecular complexity index is 559. The molecule has 0 unspecified atom stereocenters. The summed E-state index contributed by atoms with van der Waals surface area (Å²) in [6, 6.07) is 4.03. The van der Waals surface area contributed by atoms with Crippen LogP contribution in [-0.4, -0.2) is 34.7 Å². The van der Waals surface area contributed by atoms with Crippen LogP contribution < -0.4 is 10.0 Å². The maximum absolute atomic E-state index is 13.7. The summed E-state index contributed by atoms with van der Waals surface area (Å²) in [5.74, 6) is -0.771. The molecule has 0 atom stereocenters. The summed E-state index contributed by atoms with van der Waals surface area (Å²) >= 11 is 0. The van der Waals surface area contributed by atoms with Crippen LogP contribution in [0.25, 0.3) is 0 Å². The number of halogens is 1. The van der Waals surface area contributed by atoms with Crippen molar-refractivity contribution >= 4 is 10.0 Å². The van der Waals surface area contributed by atoms with Gasteiger partial charge in [-0.25, -0.2) is 17.5 Å². The standard InChI is InChI=1S/C13H21FN2O3S/c1-13(2,19-4)9-16-20(17,18)12-7-10(8-15-3)5-6-11(12)14/h5-7,15-16H,8-9H2,1-4H3. The van der Waals surface area contributed by atoms with Crippen LogP contribution in [-0.2, 0) is 21.3 Å². The molecule has 114 valence electrons. The average molecular weight is 304 g/mol. The minimum Gasteiger partial charge on any atom is -0.377 e. The Hall–Kier alpha value is -1.02. The van der Waals surface area contributed by atoms with Crippen molar-refractivity contribution in [1.29, 1.82) is 0 Å². The van der Waals surface area contributed by atoms with Gasteiger partial charge in [0.15, 0.2) is 0 Å². The second-order valence-electron chi connectivity index (χ2n) is 5.08. The zero-order chi connectivity index (χ0) is 15.4. The number of sulfonamides is 1. The van der Waals surface area contributed by atoms with E-state index in [-0.39, 0.29) is 11.4 Å². The van der Waals surface area contributed by atoms with Crippen LogP contribution in [0.15, 0.2) is 23.1 Å². The van der Waals surface area contributed by atoms with Crippen molar-refractivity contribution in [2.24, 2.45) is 0 Å². The fourth-order valence-electron chi connectivity index (χ4n) is 1.49. The largest absolute Gasteiger partial charge is 0.377 e. The predicted octanol–water partition coefficient (Wildman–Crippen LogP) is 1.25. The molecule has 0 saturated heterocycles. The van der Waals surface area contributed by atoms with Crippen LogP contribution in [0, 0.1) is 5.82 Å². The summed E-state index contributed by atoms with van der Waals surface area (Å²) in [4.78, 5) is -0.350. The van der Waals surface area contributed by atoms with E-state index >= 15 is 0 Å². The first-order valence-electron chi connectivity index (χ1n) is 6.20. The molecule has 0 spiro atoms. The summed E-state index contributed by atoms with van der Waals surface area (Å²) in [6.45, 7) is 4.00. The van der Waals surface area contributed by atoms with E-state index in [1.807, 2.05) is 0 Å². The molecule has 0 aliphatic heterocycles. The Morgan fingerprint density at radius 1 is 1.35 bits per heavy atom. The second-order valence-corrected chi connectivity index (χ2v) is 6.82. The number of rotatable bonds is 7. The van der Waals surface area contributed by atoms with Gasteiger partial charge in [0.25, 0.3) is 0 Å². The Labute approximate surface area is 119 Å². The van der Waals surface area contributed by atoms with Gasteiger partial charge in [-0.3, -0.25) is 0 Å². The molecule has 1 aromatic carbocycles. The van der Waals surface area contributed by atoms with Gasteiger partial charge in [0, 0.05) is 20.2 Å². The fourth-order valence-corrected chi connectivity index (χ4v) is 2.81. The first kappa shape index (κ1) is 17.0. The van der Waals surface area contributed by atoms with Gasteiger partial charge >= 0.3 is 0 Å². The van der Waals surface area contributed by atoms with Crippen LogP contribution in [0.2, 0.25) is 0 Å². The van der Waals surface area contributed by atoms with E-state index in [1.54, 1.807) is 27.0 Å². The highest BCUT2D eigenvalue weighted by Crippen LogP contribution is 2.17. The van der Waals surface area contributed by atoms with Crippen LogP contribution in [0.1, 0.15) is 19.4 Å². The summed E-state index contributed by atoms with van der Waals surface area (Å²) in [7, 11) is -0.686. The maximum atomic E-state index is 13.7. The number of nitrogens with one attached hydrogen (secondary N) is 2. The number of hydrogen-bond acceptors (Lipinski definition) is 4. The van der Waals surface area contributed by atoms with E-state index in [2.05, 4.69) is 10.0 Å². The van der Waals surface area contributed by atoms with Gasteiger partial charge in [-0.15, -0.1) is 0 Å². The van der Waals surface area contributed by atoms with Gasteiger partial charge in [0.2, 0.25) is 10.0 Å². The van der Waals surface area contributed by atoms with Crippen molar-refractivity contribution in [3.63, 3.8) is 0 Å². The van der Waals surface area contributed by atoms with Crippen molar-refractivity contribution in [1.82, 2.24) is 10.0 Å². The highest BCUT2D eigenvalue weighted by atomic mass is 32.2. The van der Waals surface area contributed by atoms with E-state index in [0.717, 1.165) is 6.07 Å². The number of benzene rings is 1. The zero-order valence-electron chi connectivity index (χ0n) is 12.2. The van der Waals surface area contributed by atoms with Crippen molar-refractivity contribution < 1.29 is 17.5 Å². The molecular weight excluding hydrogens is 283 g/mol. The van der Waals surface area contributed by atoms with Gasteiger partial charge in [-0.05, 0) is 38.6 Å². The molecule has 2 N–H and O–H groups in total. The Kier molecular flexibility index (Phi) is 5.64. The lowest BCUT2D eigenvalue weighted by Gasteiger charge is -2.23. The van der Waals surface area contributed by atoms with E-state index in [9.17, 15) is 12.8 Å². The lowest BCUT2D eigenvalue weighted by Crippen LogP contribution is -2.39. The lowest BCUT2D eigenvalue weighted by atomic mass is 10.1. The van der Waals surface area contributed by atoms with Crippen LogP contribution in [0.3, 0.4) is 0 Å². The molecule has 1 aromatic rings. The molecule has 0 saturated carbocycles. The Morgan fingerprint density at radius 2 is 2.00 bits per heavy atom. The van der Waals surface area contributed by atoms with Crippen molar-refractivity contribution in [2.75, 3.05) is 20.7 Å². The molecule has 0 bridgehead atoms. The third-order valence-electron chi connectivity index (χ3n) is 2.91. The van der Waals surface area contributed by atoms with Crippen molar-refractivity contribution in [3.05, 3.63) is 29.6 Å². The summed E-state index contributed by atoms with van der Waals surface area (Å²) in [6.07, 6.45) is 0. The SMILES string of the molecule is CNCc1ccc(F)c(S(=O)(=O)NCC(C)(C)OC)c1. The van der Waals surface area contributed by atoms with Crippen molar-refractivity contribution in [2.45, 2.75) is 30.9 Å². The van der Waals surface area contributed by atoms with Gasteiger partial charge in [0.1, 0.15) is 10.7 Å². The number of methoxy groups -OCH3 is 1. The first-order chi connectivity index (χ1) is 9.22. The van der Waals surface area contributed by atoms with E-state index in [1.165, 1.54) is 13.2 Å². The quantitative estimate of drug-likeness (QED) is 0.795. The normalized spacial score (nSPS) is 12.7.